The first-order valence-electron chi connectivity index (χ1n) is 7.01. The van der Waals surface area contributed by atoms with Crippen molar-refractivity contribution in [3.8, 4) is 0 Å². The van der Waals surface area contributed by atoms with E-state index < -0.39 is 41.1 Å². The topological polar surface area (TPSA) is 37.3 Å². The summed E-state index contributed by atoms with van der Waals surface area (Å²) in [5, 5.41) is 10.2. The van der Waals surface area contributed by atoms with Crippen LogP contribution in [0.2, 0.25) is 0 Å². The lowest BCUT2D eigenvalue weighted by atomic mass is 9.80. The Hall–Kier alpha value is -1.57. The van der Waals surface area contributed by atoms with Gasteiger partial charge < -0.3 is 5.11 Å². The standard InChI is InChI=1S/C15H14F6O2/c16-14(17,18)8-5-6-9(11(7-8)15(19,20)21)13(23)10-3-1-2-4-12(10)22/h5-7,10,13,23H,1-4H2/t10-,13+/m1/s1. The van der Waals surface area contributed by atoms with Gasteiger partial charge in [0.25, 0.3) is 0 Å². The van der Waals surface area contributed by atoms with Gasteiger partial charge in [0.2, 0.25) is 0 Å². The van der Waals surface area contributed by atoms with Crippen LogP contribution >= 0.6 is 0 Å². The van der Waals surface area contributed by atoms with Crippen molar-refractivity contribution in [1.29, 1.82) is 0 Å². The molecule has 0 amide bonds. The molecule has 2 nitrogen and oxygen atoms in total. The van der Waals surface area contributed by atoms with Crippen LogP contribution in [0.5, 0.6) is 0 Å². The predicted octanol–water partition coefficient (Wildman–Crippen LogP) is 4.52. The summed E-state index contributed by atoms with van der Waals surface area (Å²) in [5.74, 6) is -1.38. The van der Waals surface area contributed by atoms with Crippen LogP contribution in [0.25, 0.3) is 0 Å². The maximum Gasteiger partial charge on any atom is 0.416 e. The third kappa shape index (κ3) is 3.85. The first kappa shape index (κ1) is 17.8. The van der Waals surface area contributed by atoms with Crippen LogP contribution < -0.4 is 0 Å². The Balaban J connectivity index is 2.46. The van der Waals surface area contributed by atoms with E-state index in [1.54, 1.807) is 0 Å². The molecule has 1 saturated carbocycles. The van der Waals surface area contributed by atoms with Crippen LogP contribution in [0.15, 0.2) is 18.2 Å². The summed E-state index contributed by atoms with van der Waals surface area (Å²) in [4.78, 5) is 11.8. The number of alkyl halides is 6. The number of hydrogen-bond acceptors (Lipinski definition) is 2. The van der Waals surface area contributed by atoms with E-state index in [0.717, 1.165) is 0 Å². The normalized spacial score (nSPS) is 21.3. The first-order valence-corrected chi connectivity index (χ1v) is 7.01. The van der Waals surface area contributed by atoms with Crippen molar-refractivity contribution in [1.82, 2.24) is 0 Å². The highest BCUT2D eigenvalue weighted by Crippen LogP contribution is 2.42. The van der Waals surface area contributed by atoms with Gasteiger partial charge in [0.05, 0.1) is 17.2 Å². The minimum Gasteiger partial charge on any atom is -0.388 e. The average molecular weight is 340 g/mol. The van der Waals surface area contributed by atoms with Crippen molar-refractivity contribution in [3.63, 3.8) is 0 Å². The molecule has 0 saturated heterocycles. The summed E-state index contributed by atoms with van der Waals surface area (Å²) in [6.45, 7) is 0. The summed E-state index contributed by atoms with van der Waals surface area (Å²) in [6, 6.07) is 1.07. The zero-order valence-corrected chi connectivity index (χ0v) is 11.8. The van der Waals surface area contributed by atoms with Crippen molar-refractivity contribution in [2.24, 2.45) is 5.92 Å². The van der Waals surface area contributed by atoms with Gasteiger partial charge in [0.15, 0.2) is 0 Å². The van der Waals surface area contributed by atoms with Crippen molar-refractivity contribution < 1.29 is 36.2 Å². The number of carbonyl (C=O) groups excluding carboxylic acids is 1. The van der Waals surface area contributed by atoms with Crippen molar-refractivity contribution in [3.05, 3.63) is 34.9 Å². The van der Waals surface area contributed by atoms with Crippen LogP contribution in [0, 0.1) is 5.92 Å². The van der Waals surface area contributed by atoms with E-state index in [1.165, 1.54) is 0 Å². The Bertz CT molecular complexity index is 591. The Morgan fingerprint density at radius 2 is 1.70 bits per heavy atom. The third-order valence-corrected chi connectivity index (χ3v) is 3.99. The number of Topliss-reactive ketones (excluding diaryl/α,β-unsaturated/α-hetero) is 1. The second-order valence-electron chi connectivity index (χ2n) is 5.56. The van der Waals surface area contributed by atoms with Crippen LogP contribution in [0.3, 0.4) is 0 Å². The number of rotatable bonds is 2. The number of aliphatic hydroxyl groups is 1. The monoisotopic (exact) mass is 340 g/mol. The number of carbonyl (C=O) groups is 1. The molecule has 1 aliphatic carbocycles. The van der Waals surface area contributed by atoms with Crippen molar-refractivity contribution in [2.75, 3.05) is 0 Å². The van der Waals surface area contributed by atoms with Crippen LogP contribution in [0.1, 0.15) is 48.5 Å². The zero-order chi connectivity index (χ0) is 17.4. The van der Waals surface area contributed by atoms with E-state index in [1.807, 2.05) is 0 Å². The Labute approximate surface area is 128 Å². The molecule has 1 aromatic rings. The molecular weight excluding hydrogens is 326 g/mol. The summed E-state index contributed by atoms with van der Waals surface area (Å²) in [7, 11) is 0. The predicted molar refractivity (Wildman–Crippen MR) is 68.4 cm³/mol. The molecule has 8 heteroatoms. The van der Waals surface area contributed by atoms with Gasteiger partial charge in [-0.15, -0.1) is 0 Å². The van der Waals surface area contributed by atoms with Gasteiger partial charge in [-0.1, -0.05) is 12.5 Å². The molecule has 0 heterocycles. The first-order chi connectivity index (χ1) is 10.5. The fraction of sp³-hybridized carbons (Fsp3) is 0.533. The van der Waals surface area contributed by atoms with E-state index in [4.69, 9.17) is 0 Å². The lowest BCUT2D eigenvalue weighted by molar-refractivity contribution is -0.145. The molecular formula is C15H14F6O2. The molecule has 0 spiro atoms. The summed E-state index contributed by atoms with van der Waals surface area (Å²) in [5.41, 5.74) is -3.69. The second-order valence-corrected chi connectivity index (χ2v) is 5.56. The molecule has 0 bridgehead atoms. The Morgan fingerprint density at radius 1 is 1.04 bits per heavy atom. The van der Waals surface area contributed by atoms with Crippen LogP contribution in [-0.2, 0) is 17.1 Å². The molecule has 0 radical (unpaired) electrons. The number of ketones is 1. The lowest BCUT2D eigenvalue weighted by Gasteiger charge is -2.27. The van der Waals surface area contributed by atoms with Gasteiger partial charge in [-0.2, -0.15) is 26.3 Å². The summed E-state index contributed by atoms with van der Waals surface area (Å²) >= 11 is 0. The molecule has 2 rings (SSSR count). The molecule has 1 fully saturated rings. The quantitative estimate of drug-likeness (QED) is 0.804. The summed E-state index contributed by atoms with van der Waals surface area (Å²) in [6.07, 6.45) is -10.2. The molecule has 1 N–H and O–H groups in total. The largest absolute Gasteiger partial charge is 0.416 e. The third-order valence-electron chi connectivity index (χ3n) is 3.99. The van der Waals surface area contributed by atoms with Crippen molar-refractivity contribution in [2.45, 2.75) is 44.1 Å². The number of aliphatic hydroxyl groups excluding tert-OH is 1. The fourth-order valence-electron chi connectivity index (χ4n) is 2.80. The van der Waals surface area contributed by atoms with Gasteiger partial charge in [-0.25, -0.2) is 0 Å². The van der Waals surface area contributed by atoms with E-state index in [0.29, 0.717) is 25.0 Å². The zero-order valence-electron chi connectivity index (χ0n) is 11.8. The lowest BCUT2D eigenvalue weighted by Crippen LogP contribution is -2.27. The molecule has 128 valence electrons. The van der Waals surface area contributed by atoms with Gasteiger partial charge in [-0.05, 0) is 30.5 Å². The molecule has 1 aliphatic rings. The van der Waals surface area contributed by atoms with E-state index in [-0.39, 0.29) is 24.7 Å². The highest BCUT2D eigenvalue weighted by Gasteiger charge is 2.41. The minimum absolute atomic E-state index is 0.0220. The highest BCUT2D eigenvalue weighted by atomic mass is 19.4. The minimum atomic E-state index is -5.06. The average Bonchev–Trinajstić information content (AvgIpc) is 2.44. The van der Waals surface area contributed by atoms with Gasteiger partial charge in [0.1, 0.15) is 5.78 Å². The highest BCUT2D eigenvalue weighted by molar-refractivity contribution is 5.82. The van der Waals surface area contributed by atoms with E-state index >= 15 is 0 Å². The number of hydrogen-bond donors (Lipinski definition) is 1. The molecule has 0 aliphatic heterocycles. The van der Waals surface area contributed by atoms with Crippen LogP contribution in [-0.4, -0.2) is 10.9 Å². The van der Waals surface area contributed by atoms with Gasteiger partial charge in [0, 0.05) is 12.3 Å². The number of halogens is 6. The Morgan fingerprint density at radius 3 is 2.22 bits per heavy atom. The molecule has 2 atom stereocenters. The van der Waals surface area contributed by atoms with Crippen LogP contribution in [0.4, 0.5) is 26.3 Å². The molecule has 0 unspecified atom stereocenters. The molecule has 23 heavy (non-hydrogen) atoms. The summed E-state index contributed by atoms with van der Waals surface area (Å²) < 4.78 is 77.1. The smallest absolute Gasteiger partial charge is 0.388 e. The second kappa shape index (κ2) is 6.14. The van der Waals surface area contributed by atoms with E-state index in [9.17, 15) is 36.2 Å². The fourth-order valence-corrected chi connectivity index (χ4v) is 2.80. The molecule has 1 aromatic carbocycles. The SMILES string of the molecule is O=C1CCCC[C@H]1[C@@H](O)c1ccc(C(F)(F)F)cc1C(F)(F)F. The molecule has 0 aromatic heterocycles. The van der Waals surface area contributed by atoms with E-state index in [2.05, 4.69) is 0 Å². The maximum atomic E-state index is 13.1. The van der Waals surface area contributed by atoms with Crippen molar-refractivity contribution >= 4 is 5.78 Å². The Kier molecular flexibility index (Phi) is 4.75. The number of benzene rings is 1. The maximum absolute atomic E-state index is 13.1. The van der Waals surface area contributed by atoms with Gasteiger partial charge in [-0.3, -0.25) is 4.79 Å². The van der Waals surface area contributed by atoms with Gasteiger partial charge >= 0.3 is 12.4 Å².